The molecule has 92 valence electrons. The third-order valence-corrected chi connectivity index (χ3v) is 2.94. The van der Waals surface area contributed by atoms with Gasteiger partial charge in [0.25, 0.3) is 0 Å². The first-order valence-electron chi connectivity index (χ1n) is 5.45. The first-order valence-corrected chi connectivity index (χ1v) is 6.21. The lowest BCUT2D eigenvalue weighted by Gasteiger charge is -2.03. The molecular formula is C14H11Cl2NO. The predicted octanol–water partition coefficient (Wildman–Crippen LogP) is 4.12. The minimum Gasteiger partial charge on any atom is -0.294 e. The zero-order valence-corrected chi connectivity index (χ0v) is 11.3. The van der Waals surface area contributed by atoms with Crippen LogP contribution in [-0.2, 0) is 6.42 Å². The van der Waals surface area contributed by atoms with Crippen LogP contribution < -0.4 is 0 Å². The average Bonchev–Trinajstić information content (AvgIpc) is 2.31. The van der Waals surface area contributed by atoms with Crippen LogP contribution in [0.25, 0.3) is 0 Å². The number of aromatic nitrogens is 1. The maximum absolute atomic E-state index is 12.0. The van der Waals surface area contributed by atoms with Gasteiger partial charge in [-0.1, -0.05) is 29.3 Å². The molecule has 0 aliphatic heterocycles. The third-order valence-electron chi connectivity index (χ3n) is 2.50. The highest BCUT2D eigenvalue weighted by atomic mass is 35.5. The Morgan fingerprint density at radius 3 is 2.39 bits per heavy atom. The van der Waals surface area contributed by atoms with Gasteiger partial charge in [0.05, 0.1) is 6.42 Å². The van der Waals surface area contributed by atoms with E-state index in [1.807, 2.05) is 19.1 Å². The number of ketones is 1. The van der Waals surface area contributed by atoms with Crippen LogP contribution in [0.15, 0.2) is 36.5 Å². The van der Waals surface area contributed by atoms with Crippen LogP contribution in [-0.4, -0.2) is 10.8 Å². The number of carbonyl (C=O) groups is 1. The molecule has 0 aliphatic carbocycles. The van der Waals surface area contributed by atoms with Gasteiger partial charge in [0.2, 0.25) is 0 Å². The van der Waals surface area contributed by atoms with E-state index in [-0.39, 0.29) is 12.2 Å². The van der Waals surface area contributed by atoms with Crippen molar-refractivity contribution in [3.63, 3.8) is 0 Å². The van der Waals surface area contributed by atoms with Crippen molar-refractivity contribution in [2.24, 2.45) is 0 Å². The van der Waals surface area contributed by atoms with Gasteiger partial charge in [0, 0.05) is 27.5 Å². The van der Waals surface area contributed by atoms with E-state index >= 15 is 0 Å². The van der Waals surface area contributed by atoms with E-state index in [9.17, 15) is 4.79 Å². The molecule has 0 bridgehead atoms. The van der Waals surface area contributed by atoms with E-state index < -0.39 is 0 Å². The quantitative estimate of drug-likeness (QED) is 0.791. The average molecular weight is 280 g/mol. The summed E-state index contributed by atoms with van der Waals surface area (Å²) < 4.78 is 0. The molecule has 1 aromatic carbocycles. The zero-order valence-electron chi connectivity index (χ0n) is 9.78. The third kappa shape index (κ3) is 3.31. The SMILES string of the molecule is Cc1ccc(CC(=O)c2cc(Cl)cc(Cl)c2)nc1. The van der Waals surface area contributed by atoms with Gasteiger partial charge in [-0.3, -0.25) is 9.78 Å². The Morgan fingerprint density at radius 2 is 1.83 bits per heavy atom. The van der Waals surface area contributed by atoms with Gasteiger partial charge in [0.1, 0.15) is 0 Å². The number of halogens is 2. The fraction of sp³-hybridized carbons (Fsp3) is 0.143. The molecule has 0 saturated carbocycles. The standard InChI is InChI=1S/C14H11Cl2NO/c1-9-2-3-13(17-8-9)7-14(18)10-4-11(15)6-12(16)5-10/h2-6,8H,7H2,1H3. The number of benzene rings is 1. The smallest absolute Gasteiger partial charge is 0.168 e. The summed E-state index contributed by atoms with van der Waals surface area (Å²) in [4.78, 5) is 16.2. The van der Waals surface area contributed by atoms with Crippen molar-refractivity contribution in [3.05, 3.63) is 63.4 Å². The number of rotatable bonds is 3. The summed E-state index contributed by atoms with van der Waals surface area (Å²) in [5, 5.41) is 0.922. The normalized spacial score (nSPS) is 10.4. The minimum absolute atomic E-state index is 0.0456. The minimum atomic E-state index is -0.0456. The molecule has 0 radical (unpaired) electrons. The summed E-state index contributed by atoms with van der Waals surface area (Å²) in [6.07, 6.45) is 1.99. The van der Waals surface area contributed by atoms with Gasteiger partial charge in [-0.2, -0.15) is 0 Å². The molecule has 0 atom stereocenters. The summed E-state index contributed by atoms with van der Waals surface area (Å²) in [6, 6.07) is 8.61. The Bertz CT molecular complexity index is 559. The maximum Gasteiger partial charge on any atom is 0.168 e. The Labute approximate surface area is 116 Å². The van der Waals surface area contributed by atoms with Crippen molar-refractivity contribution in [1.29, 1.82) is 0 Å². The van der Waals surface area contributed by atoms with Gasteiger partial charge in [-0.15, -0.1) is 0 Å². The van der Waals surface area contributed by atoms with Crippen LogP contribution in [0.5, 0.6) is 0 Å². The van der Waals surface area contributed by atoms with Crippen molar-refractivity contribution in [1.82, 2.24) is 4.98 Å². The van der Waals surface area contributed by atoms with Gasteiger partial charge in [0.15, 0.2) is 5.78 Å². The molecule has 1 aromatic heterocycles. The molecule has 0 amide bonds. The molecule has 2 rings (SSSR count). The summed E-state index contributed by atoms with van der Waals surface area (Å²) in [5.41, 5.74) is 2.31. The number of hydrogen-bond acceptors (Lipinski definition) is 2. The summed E-state index contributed by atoms with van der Waals surface area (Å²) in [5.74, 6) is -0.0456. The number of hydrogen-bond donors (Lipinski definition) is 0. The summed E-state index contributed by atoms with van der Waals surface area (Å²) in [6.45, 7) is 1.95. The Balaban J connectivity index is 2.19. The van der Waals surface area contributed by atoms with E-state index in [2.05, 4.69) is 4.98 Å². The summed E-state index contributed by atoms with van der Waals surface area (Å²) in [7, 11) is 0. The fourth-order valence-corrected chi connectivity index (χ4v) is 2.11. The lowest BCUT2D eigenvalue weighted by molar-refractivity contribution is 0.0992. The monoisotopic (exact) mass is 279 g/mol. The van der Waals surface area contributed by atoms with Crippen LogP contribution in [0.1, 0.15) is 21.6 Å². The molecule has 4 heteroatoms. The van der Waals surface area contributed by atoms with E-state index in [1.54, 1.807) is 24.4 Å². The number of Topliss-reactive ketones (excluding diaryl/α,β-unsaturated/α-hetero) is 1. The lowest BCUT2D eigenvalue weighted by Crippen LogP contribution is -2.05. The first kappa shape index (κ1) is 13.1. The van der Waals surface area contributed by atoms with Crippen LogP contribution >= 0.6 is 23.2 Å². The van der Waals surface area contributed by atoms with Crippen molar-refractivity contribution in [2.75, 3.05) is 0 Å². The van der Waals surface area contributed by atoms with Gasteiger partial charge < -0.3 is 0 Å². The van der Waals surface area contributed by atoms with E-state index in [1.165, 1.54) is 0 Å². The zero-order chi connectivity index (χ0) is 13.1. The van der Waals surface area contributed by atoms with Crippen LogP contribution in [0.3, 0.4) is 0 Å². The second-order valence-corrected chi connectivity index (χ2v) is 4.96. The van der Waals surface area contributed by atoms with Crippen molar-refractivity contribution < 1.29 is 4.79 Å². The molecular weight excluding hydrogens is 269 g/mol. The molecule has 0 aliphatic rings. The fourth-order valence-electron chi connectivity index (χ4n) is 1.58. The number of pyridine rings is 1. The molecule has 0 spiro atoms. The highest BCUT2D eigenvalue weighted by molar-refractivity contribution is 6.35. The van der Waals surface area contributed by atoms with Crippen molar-refractivity contribution >= 4 is 29.0 Å². The number of nitrogens with zero attached hydrogens (tertiary/aromatic N) is 1. The number of aryl methyl sites for hydroxylation is 1. The second-order valence-electron chi connectivity index (χ2n) is 4.08. The van der Waals surface area contributed by atoms with E-state index in [0.29, 0.717) is 15.6 Å². The molecule has 0 fully saturated rings. The molecule has 1 heterocycles. The van der Waals surface area contributed by atoms with Crippen molar-refractivity contribution in [2.45, 2.75) is 13.3 Å². The molecule has 2 nitrogen and oxygen atoms in total. The van der Waals surface area contributed by atoms with Gasteiger partial charge >= 0.3 is 0 Å². The highest BCUT2D eigenvalue weighted by Gasteiger charge is 2.09. The van der Waals surface area contributed by atoms with Crippen molar-refractivity contribution in [3.8, 4) is 0 Å². The van der Waals surface area contributed by atoms with E-state index in [4.69, 9.17) is 23.2 Å². The summed E-state index contributed by atoms with van der Waals surface area (Å²) >= 11 is 11.7. The first-order chi connectivity index (χ1) is 8.54. The predicted molar refractivity (Wildman–Crippen MR) is 73.5 cm³/mol. The lowest BCUT2D eigenvalue weighted by atomic mass is 10.1. The molecule has 0 N–H and O–H groups in total. The van der Waals surface area contributed by atoms with E-state index in [0.717, 1.165) is 11.3 Å². The maximum atomic E-state index is 12.0. The van der Waals surface area contributed by atoms with Crippen LogP contribution in [0, 0.1) is 6.92 Å². The Morgan fingerprint density at radius 1 is 1.17 bits per heavy atom. The number of carbonyl (C=O) groups excluding carboxylic acids is 1. The molecule has 2 aromatic rings. The van der Waals surface area contributed by atoms with Crippen LogP contribution in [0.4, 0.5) is 0 Å². The van der Waals surface area contributed by atoms with Gasteiger partial charge in [-0.25, -0.2) is 0 Å². The van der Waals surface area contributed by atoms with Gasteiger partial charge in [-0.05, 0) is 36.8 Å². The molecule has 0 unspecified atom stereocenters. The second kappa shape index (κ2) is 5.51. The largest absolute Gasteiger partial charge is 0.294 e. The topological polar surface area (TPSA) is 30.0 Å². The highest BCUT2D eigenvalue weighted by Crippen LogP contribution is 2.20. The Hall–Kier alpha value is -1.38. The van der Waals surface area contributed by atoms with Crippen LogP contribution in [0.2, 0.25) is 10.0 Å². The Kier molecular flexibility index (Phi) is 4.00. The molecule has 0 saturated heterocycles. The molecule has 18 heavy (non-hydrogen) atoms.